The number of benzene rings is 2. The van der Waals surface area contributed by atoms with Crippen molar-refractivity contribution >= 4 is 21.7 Å². The molecule has 0 bridgehead atoms. The number of carboxylic acid groups (broad SMARTS) is 1. The van der Waals surface area contributed by atoms with Gasteiger partial charge in [0.15, 0.2) is 0 Å². The molecule has 1 aromatic heterocycles. The van der Waals surface area contributed by atoms with E-state index in [-0.39, 0.29) is 11.4 Å². The molecule has 7 nitrogen and oxygen atoms in total. The van der Waals surface area contributed by atoms with Crippen molar-refractivity contribution in [2.45, 2.75) is 25.6 Å². The molecular weight excluding hydrogens is 404 g/mol. The van der Waals surface area contributed by atoms with Crippen LogP contribution >= 0.6 is 0 Å². The smallest absolute Gasteiger partial charge is 0.323 e. The predicted molar refractivity (Wildman–Crippen MR) is 115 cm³/mol. The van der Waals surface area contributed by atoms with Gasteiger partial charge in [-0.25, -0.2) is 8.42 Å². The van der Waals surface area contributed by atoms with Crippen LogP contribution in [0.25, 0.3) is 0 Å². The van der Waals surface area contributed by atoms with Crippen LogP contribution in [0.1, 0.15) is 22.4 Å². The highest BCUT2D eigenvalue weighted by Gasteiger charge is 2.20. The molecule has 0 aliphatic heterocycles. The molecule has 0 saturated carbocycles. The number of nitrogens with zero attached hydrogens (tertiary/aromatic N) is 1. The van der Waals surface area contributed by atoms with Crippen LogP contribution in [0.15, 0.2) is 71.5 Å². The lowest BCUT2D eigenvalue weighted by Crippen LogP contribution is -2.31. The minimum absolute atomic E-state index is 0.123. The number of rotatable bonds is 8. The number of anilines is 1. The summed E-state index contributed by atoms with van der Waals surface area (Å²) in [5.41, 5.74) is 1.60. The second-order valence-corrected chi connectivity index (χ2v) is 8.70. The van der Waals surface area contributed by atoms with Gasteiger partial charge in [0.05, 0.1) is 5.75 Å². The molecule has 0 radical (unpaired) electrons. The van der Waals surface area contributed by atoms with Gasteiger partial charge in [-0.3, -0.25) is 18.9 Å². The van der Waals surface area contributed by atoms with Crippen molar-refractivity contribution < 1.29 is 18.3 Å². The Morgan fingerprint density at radius 1 is 1.00 bits per heavy atom. The minimum Gasteiger partial charge on any atom is -0.480 e. The van der Waals surface area contributed by atoms with E-state index < -0.39 is 28.1 Å². The van der Waals surface area contributed by atoms with Crippen molar-refractivity contribution in [2.75, 3.05) is 4.72 Å². The van der Waals surface area contributed by atoms with Gasteiger partial charge in [0.2, 0.25) is 10.0 Å². The third-order valence-electron chi connectivity index (χ3n) is 4.58. The van der Waals surface area contributed by atoms with Crippen molar-refractivity contribution in [2.24, 2.45) is 0 Å². The number of hydrogen-bond acceptors (Lipinski definition) is 4. The number of aryl methyl sites for hydroxylation is 1. The molecule has 156 valence electrons. The summed E-state index contributed by atoms with van der Waals surface area (Å²) in [7, 11) is -3.89. The predicted octanol–water partition coefficient (Wildman–Crippen LogP) is 2.77. The molecule has 3 aromatic rings. The Morgan fingerprint density at radius 2 is 1.57 bits per heavy atom. The van der Waals surface area contributed by atoms with E-state index in [0.717, 1.165) is 10.1 Å². The zero-order chi connectivity index (χ0) is 21.7. The van der Waals surface area contributed by atoms with Crippen molar-refractivity contribution in [3.63, 3.8) is 0 Å². The Balaban J connectivity index is 2.04. The monoisotopic (exact) mass is 426 g/mol. The van der Waals surface area contributed by atoms with Crippen molar-refractivity contribution in [3.05, 3.63) is 99.5 Å². The third-order valence-corrected chi connectivity index (χ3v) is 5.81. The highest BCUT2D eigenvalue weighted by Crippen LogP contribution is 2.20. The normalized spacial score (nSPS) is 11.2. The third kappa shape index (κ3) is 5.36. The molecule has 0 amide bonds. The largest absolute Gasteiger partial charge is 0.480 e. The molecule has 0 saturated heterocycles. The highest BCUT2D eigenvalue weighted by molar-refractivity contribution is 7.91. The Morgan fingerprint density at radius 3 is 2.13 bits per heavy atom. The first-order chi connectivity index (χ1) is 14.2. The highest BCUT2D eigenvalue weighted by atomic mass is 32.2. The number of hydrogen-bond donors (Lipinski definition) is 2. The molecule has 30 heavy (non-hydrogen) atoms. The van der Waals surface area contributed by atoms with Crippen LogP contribution in [0.2, 0.25) is 0 Å². The molecule has 2 aromatic carbocycles. The fourth-order valence-corrected chi connectivity index (χ4v) is 4.45. The maximum Gasteiger partial charge on any atom is 0.323 e. The summed E-state index contributed by atoms with van der Waals surface area (Å²) < 4.78 is 29.0. The molecule has 0 aliphatic rings. The topological polar surface area (TPSA) is 105 Å². The number of aromatic nitrogens is 1. The summed E-state index contributed by atoms with van der Waals surface area (Å²) in [6.07, 6.45) is 0.327. The number of carboxylic acids is 1. The van der Waals surface area contributed by atoms with Gasteiger partial charge in [-0.05, 0) is 36.1 Å². The molecular formula is C22H22N2O5S. The lowest BCUT2D eigenvalue weighted by atomic mass is 10.0. The summed E-state index contributed by atoms with van der Waals surface area (Å²) in [4.78, 5) is 24.2. The maximum absolute atomic E-state index is 13.0. The summed E-state index contributed by atoms with van der Waals surface area (Å²) in [6, 6.07) is 19.6. The van der Waals surface area contributed by atoms with E-state index in [1.54, 1.807) is 43.3 Å². The first-order valence-corrected chi connectivity index (χ1v) is 10.9. The second kappa shape index (κ2) is 8.96. The number of aliphatic carboxylic acids is 1. The van der Waals surface area contributed by atoms with Crippen LogP contribution in [0, 0.1) is 6.92 Å². The number of carbonyl (C=O) groups is 1. The maximum atomic E-state index is 13.0. The van der Waals surface area contributed by atoms with Crippen LogP contribution in [0.4, 0.5) is 5.69 Å². The minimum atomic E-state index is -3.89. The van der Waals surface area contributed by atoms with Crippen LogP contribution in [-0.2, 0) is 33.5 Å². The van der Waals surface area contributed by atoms with Crippen molar-refractivity contribution in [1.82, 2.24) is 4.57 Å². The molecule has 2 N–H and O–H groups in total. The van der Waals surface area contributed by atoms with E-state index in [4.69, 9.17) is 5.11 Å². The van der Waals surface area contributed by atoms with E-state index >= 15 is 0 Å². The molecule has 0 fully saturated rings. The molecule has 3 rings (SSSR count). The van der Waals surface area contributed by atoms with Crippen molar-refractivity contribution in [3.8, 4) is 0 Å². The van der Waals surface area contributed by atoms with E-state index in [2.05, 4.69) is 4.72 Å². The zero-order valence-corrected chi connectivity index (χ0v) is 17.2. The molecule has 0 unspecified atom stereocenters. The van der Waals surface area contributed by atoms with Gasteiger partial charge in [0.1, 0.15) is 12.2 Å². The second-order valence-electron chi connectivity index (χ2n) is 6.98. The van der Waals surface area contributed by atoms with E-state index in [9.17, 15) is 18.0 Å². The van der Waals surface area contributed by atoms with E-state index in [1.165, 1.54) is 0 Å². The Kier molecular flexibility index (Phi) is 6.37. The Hall–Kier alpha value is -3.39. The van der Waals surface area contributed by atoms with E-state index in [1.807, 2.05) is 30.3 Å². The van der Waals surface area contributed by atoms with Crippen molar-refractivity contribution in [1.29, 1.82) is 0 Å². The fraction of sp³-hybridized carbons (Fsp3) is 0.182. The van der Waals surface area contributed by atoms with Gasteiger partial charge in [0, 0.05) is 5.69 Å². The average molecular weight is 426 g/mol. The van der Waals surface area contributed by atoms with Crippen LogP contribution in [0.3, 0.4) is 0 Å². The van der Waals surface area contributed by atoms with Gasteiger partial charge < -0.3 is 5.11 Å². The summed E-state index contributed by atoms with van der Waals surface area (Å²) in [6.45, 7) is 1.07. The molecule has 0 aliphatic carbocycles. The molecule has 8 heteroatoms. The summed E-state index contributed by atoms with van der Waals surface area (Å²) >= 11 is 0. The molecule has 0 spiro atoms. The van der Waals surface area contributed by atoms with Gasteiger partial charge >= 0.3 is 5.97 Å². The zero-order valence-electron chi connectivity index (χ0n) is 16.4. The van der Waals surface area contributed by atoms with E-state index in [0.29, 0.717) is 23.2 Å². The summed E-state index contributed by atoms with van der Waals surface area (Å²) in [5.74, 6) is -1.49. The van der Waals surface area contributed by atoms with Crippen LogP contribution in [-0.4, -0.2) is 24.1 Å². The van der Waals surface area contributed by atoms with Gasteiger partial charge in [-0.2, -0.15) is 0 Å². The molecule has 0 atom stereocenters. The van der Waals surface area contributed by atoms with Gasteiger partial charge in [-0.15, -0.1) is 0 Å². The lowest BCUT2D eigenvalue weighted by Gasteiger charge is -2.17. The Labute approximate surface area is 174 Å². The average Bonchev–Trinajstić information content (AvgIpc) is 2.69. The number of sulfonamides is 1. The first kappa shape index (κ1) is 21.3. The quantitative estimate of drug-likeness (QED) is 0.576. The first-order valence-electron chi connectivity index (χ1n) is 9.28. The standard InChI is InChI=1S/C22H22N2O5S/c1-16-12-19(13-17-8-4-2-5-9-17)21(22(27)24(16)14-20(25)26)23-30(28,29)15-18-10-6-3-7-11-18/h2-12,23H,13-15H2,1H3,(H,25,26). The van der Waals surface area contributed by atoms with Gasteiger partial charge in [0.25, 0.3) is 5.56 Å². The molecule has 1 heterocycles. The SMILES string of the molecule is Cc1cc(Cc2ccccc2)c(NS(=O)(=O)Cc2ccccc2)c(=O)n1CC(=O)O. The Bertz CT molecular complexity index is 1200. The fourth-order valence-electron chi connectivity index (χ4n) is 3.22. The van der Waals surface area contributed by atoms with Crippen LogP contribution < -0.4 is 10.3 Å². The number of pyridine rings is 1. The summed E-state index contributed by atoms with van der Waals surface area (Å²) in [5, 5.41) is 9.14. The lowest BCUT2D eigenvalue weighted by molar-refractivity contribution is -0.137. The van der Waals surface area contributed by atoms with Gasteiger partial charge in [-0.1, -0.05) is 60.7 Å². The number of nitrogens with one attached hydrogen (secondary N) is 1. The van der Waals surface area contributed by atoms with Crippen LogP contribution in [0.5, 0.6) is 0 Å².